The monoisotopic (exact) mass is 304 g/mol. The first-order valence-electron chi connectivity index (χ1n) is 5.38. The first-order valence-corrected chi connectivity index (χ1v) is 6.18. The van der Waals surface area contributed by atoms with Crippen LogP contribution < -0.4 is 4.74 Å². The number of methoxy groups -OCH3 is 1. The molecule has 0 unspecified atom stereocenters. The number of ether oxygens (including phenoxy) is 1. The van der Waals surface area contributed by atoms with Crippen LogP contribution in [0.25, 0.3) is 21.9 Å². The van der Waals surface area contributed by atoms with Gasteiger partial charge in [-0.2, -0.15) is 0 Å². The Morgan fingerprint density at radius 3 is 2.83 bits per heavy atom. The molecule has 0 amide bonds. The minimum Gasteiger partial charge on any atom is -0.493 e. The third-order valence-corrected chi connectivity index (χ3v) is 3.42. The predicted molar refractivity (Wildman–Crippen MR) is 73.4 cm³/mol. The highest BCUT2D eigenvalue weighted by atomic mass is 79.9. The normalized spacial score (nSPS) is 11.0. The Kier molecular flexibility index (Phi) is 2.59. The fourth-order valence-electron chi connectivity index (χ4n) is 2.11. The maximum Gasteiger partial charge on any atom is 0.177 e. The largest absolute Gasteiger partial charge is 0.493 e. The minimum absolute atomic E-state index is 0.600. The summed E-state index contributed by atoms with van der Waals surface area (Å²) < 4.78 is 12.0. The summed E-state index contributed by atoms with van der Waals surface area (Å²) in [5.41, 5.74) is 1.94. The number of hydrogen-bond acceptors (Lipinski definition) is 3. The van der Waals surface area contributed by atoms with Gasteiger partial charge in [0.15, 0.2) is 17.6 Å². The van der Waals surface area contributed by atoms with Crippen LogP contribution in [0.1, 0.15) is 10.4 Å². The zero-order chi connectivity index (χ0) is 12.7. The Bertz CT molecular complexity index is 758. The molecule has 3 rings (SSSR count). The second-order valence-electron chi connectivity index (χ2n) is 3.92. The first kappa shape index (κ1) is 11.3. The molecule has 0 N–H and O–H groups in total. The molecule has 1 heterocycles. The fraction of sp³-hybridized carbons (Fsp3) is 0.0714. The molecule has 0 aliphatic carbocycles. The van der Waals surface area contributed by atoms with Crippen molar-refractivity contribution in [1.82, 2.24) is 0 Å². The van der Waals surface area contributed by atoms with Crippen molar-refractivity contribution in [3.8, 4) is 5.75 Å². The van der Waals surface area contributed by atoms with Crippen LogP contribution in [-0.4, -0.2) is 13.4 Å². The first-order chi connectivity index (χ1) is 8.74. The lowest BCUT2D eigenvalue weighted by Gasteiger charge is -2.01. The second kappa shape index (κ2) is 4.14. The molecule has 0 aliphatic heterocycles. The third kappa shape index (κ3) is 1.53. The number of benzene rings is 2. The van der Waals surface area contributed by atoms with Crippen LogP contribution in [0.4, 0.5) is 0 Å². The molecule has 4 heteroatoms. The van der Waals surface area contributed by atoms with E-state index in [0.717, 1.165) is 27.1 Å². The molecule has 18 heavy (non-hydrogen) atoms. The zero-order valence-corrected chi connectivity index (χ0v) is 11.2. The minimum atomic E-state index is 0.600. The van der Waals surface area contributed by atoms with Crippen molar-refractivity contribution in [1.29, 1.82) is 0 Å². The molecule has 0 aliphatic rings. The summed E-state index contributed by atoms with van der Waals surface area (Å²) in [4.78, 5) is 11.2. The number of halogens is 1. The van der Waals surface area contributed by atoms with Gasteiger partial charge in [-0.3, -0.25) is 4.79 Å². The lowest BCUT2D eigenvalue weighted by molar-refractivity contribution is 0.112. The predicted octanol–water partition coefficient (Wildman–Crippen LogP) is 4.17. The van der Waals surface area contributed by atoms with Crippen molar-refractivity contribution in [3.63, 3.8) is 0 Å². The van der Waals surface area contributed by atoms with E-state index in [2.05, 4.69) is 15.9 Å². The van der Waals surface area contributed by atoms with Gasteiger partial charge in [0.05, 0.1) is 7.11 Å². The van der Waals surface area contributed by atoms with Gasteiger partial charge in [0.1, 0.15) is 5.58 Å². The van der Waals surface area contributed by atoms with E-state index >= 15 is 0 Å². The van der Waals surface area contributed by atoms with Gasteiger partial charge in [-0.15, -0.1) is 0 Å². The summed E-state index contributed by atoms with van der Waals surface area (Å²) in [6, 6.07) is 9.19. The molecule has 2 aromatic carbocycles. The molecule has 0 atom stereocenters. The number of aldehydes is 1. The summed E-state index contributed by atoms with van der Waals surface area (Å²) in [6.45, 7) is 0. The average Bonchev–Trinajstić information content (AvgIpc) is 2.76. The van der Waals surface area contributed by atoms with Crippen molar-refractivity contribution in [2.45, 2.75) is 0 Å². The van der Waals surface area contributed by atoms with E-state index in [-0.39, 0.29) is 0 Å². The Labute approximate surface area is 111 Å². The van der Waals surface area contributed by atoms with Crippen molar-refractivity contribution in [2.75, 3.05) is 7.11 Å². The van der Waals surface area contributed by atoms with Gasteiger partial charge >= 0.3 is 0 Å². The van der Waals surface area contributed by atoms with Crippen LogP contribution in [0.2, 0.25) is 0 Å². The number of carbonyl (C=O) groups is 1. The van der Waals surface area contributed by atoms with Gasteiger partial charge in [0.25, 0.3) is 0 Å². The summed E-state index contributed by atoms with van der Waals surface area (Å²) in [6.07, 6.45) is 0.831. The van der Waals surface area contributed by atoms with E-state index < -0.39 is 0 Å². The van der Waals surface area contributed by atoms with Gasteiger partial charge in [-0.1, -0.05) is 15.9 Å². The Hall–Kier alpha value is -1.81. The number of carbonyl (C=O) groups excluding carboxylic acids is 1. The molecular weight excluding hydrogens is 296 g/mol. The maximum atomic E-state index is 11.2. The molecule has 0 fully saturated rings. The Morgan fingerprint density at radius 2 is 2.11 bits per heavy atom. The molecule has 0 saturated heterocycles. The van der Waals surface area contributed by atoms with Crippen LogP contribution >= 0.6 is 15.9 Å². The van der Waals surface area contributed by atoms with E-state index in [9.17, 15) is 4.79 Å². The third-order valence-electron chi connectivity index (χ3n) is 2.92. The van der Waals surface area contributed by atoms with E-state index in [4.69, 9.17) is 9.15 Å². The molecule has 0 bridgehead atoms. The Morgan fingerprint density at radius 1 is 1.28 bits per heavy atom. The van der Waals surface area contributed by atoms with Crippen LogP contribution in [0.15, 0.2) is 39.2 Å². The van der Waals surface area contributed by atoms with Gasteiger partial charge in [-0.25, -0.2) is 0 Å². The van der Waals surface area contributed by atoms with Gasteiger partial charge < -0.3 is 9.15 Å². The average molecular weight is 305 g/mol. The van der Waals surface area contributed by atoms with Crippen molar-refractivity contribution >= 4 is 44.2 Å². The van der Waals surface area contributed by atoms with Crippen molar-refractivity contribution in [3.05, 3.63) is 40.4 Å². The lowest BCUT2D eigenvalue weighted by atomic mass is 10.1. The Balaban J connectivity index is 2.56. The molecule has 0 saturated carbocycles. The van der Waals surface area contributed by atoms with Crippen LogP contribution in [-0.2, 0) is 0 Å². The standard InChI is InChI=1S/C14H9BrO3/c1-17-12-4-2-8(7-16)13-10-6-9(15)3-5-11(10)18-14(12)13/h2-7H,1H3. The number of hydrogen-bond donors (Lipinski definition) is 0. The van der Waals surface area contributed by atoms with Crippen molar-refractivity contribution < 1.29 is 13.9 Å². The highest BCUT2D eigenvalue weighted by Gasteiger charge is 2.15. The van der Waals surface area contributed by atoms with E-state index in [1.54, 1.807) is 19.2 Å². The van der Waals surface area contributed by atoms with Gasteiger partial charge in [0, 0.05) is 20.8 Å². The lowest BCUT2D eigenvalue weighted by Crippen LogP contribution is -1.86. The van der Waals surface area contributed by atoms with Crippen LogP contribution in [0.5, 0.6) is 5.75 Å². The van der Waals surface area contributed by atoms with Gasteiger partial charge in [0.2, 0.25) is 0 Å². The van der Waals surface area contributed by atoms with Gasteiger partial charge in [-0.05, 0) is 30.3 Å². The number of furan rings is 1. The zero-order valence-electron chi connectivity index (χ0n) is 9.57. The van der Waals surface area contributed by atoms with E-state index in [1.807, 2.05) is 18.2 Å². The smallest absolute Gasteiger partial charge is 0.177 e. The molecule has 0 radical (unpaired) electrons. The topological polar surface area (TPSA) is 39.4 Å². The molecule has 1 aromatic heterocycles. The molecular formula is C14H9BrO3. The molecule has 0 spiro atoms. The SMILES string of the molecule is COc1ccc(C=O)c2c1oc1ccc(Br)cc12. The van der Waals surface area contributed by atoms with E-state index in [0.29, 0.717) is 16.9 Å². The summed E-state index contributed by atoms with van der Waals surface area (Å²) >= 11 is 3.42. The maximum absolute atomic E-state index is 11.2. The van der Waals surface area contributed by atoms with Crippen LogP contribution in [0, 0.1) is 0 Å². The molecule has 3 nitrogen and oxygen atoms in total. The summed E-state index contributed by atoms with van der Waals surface area (Å²) in [7, 11) is 1.58. The molecule has 90 valence electrons. The highest BCUT2D eigenvalue weighted by molar-refractivity contribution is 9.10. The van der Waals surface area contributed by atoms with Crippen molar-refractivity contribution in [2.24, 2.45) is 0 Å². The number of rotatable bonds is 2. The van der Waals surface area contributed by atoms with E-state index in [1.165, 1.54) is 0 Å². The van der Waals surface area contributed by atoms with Crippen LogP contribution in [0.3, 0.4) is 0 Å². The molecule has 3 aromatic rings. The second-order valence-corrected chi connectivity index (χ2v) is 4.84. The summed E-state index contributed by atoms with van der Waals surface area (Å²) in [5, 5.41) is 1.70. The highest BCUT2D eigenvalue weighted by Crippen LogP contribution is 2.37. The number of fused-ring (bicyclic) bond motifs is 3. The quantitative estimate of drug-likeness (QED) is 0.667. The fourth-order valence-corrected chi connectivity index (χ4v) is 2.47. The summed E-state index contributed by atoms with van der Waals surface area (Å²) in [5.74, 6) is 0.628.